The molecule has 0 spiro atoms. The van der Waals surface area contributed by atoms with Gasteiger partial charge in [-0.15, -0.1) is 0 Å². The minimum Gasteiger partial charge on any atom is -0.291 e. The number of nitrogens with zero attached hydrogens (tertiary/aromatic N) is 1. The third kappa shape index (κ3) is 1.22. The van der Waals surface area contributed by atoms with Crippen molar-refractivity contribution in [1.29, 1.82) is 5.41 Å². The molecule has 1 aromatic rings. The van der Waals surface area contributed by atoms with E-state index in [9.17, 15) is 4.79 Å². The molecule has 4 heteroatoms. The smallest absolute Gasteiger partial charge is 0.260 e. The van der Waals surface area contributed by atoms with Gasteiger partial charge >= 0.3 is 0 Å². The highest BCUT2D eigenvalue weighted by Crippen LogP contribution is 1.92. The molecule has 0 radical (unpaired) electrons. The highest BCUT2D eigenvalue weighted by atomic mass is 16.1. The molecule has 0 aliphatic carbocycles. The maximum Gasteiger partial charge on any atom is 0.260 e. The lowest BCUT2D eigenvalue weighted by Gasteiger charge is -2.08. The molecule has 13 heavy (non-hydrogen) atoms. The van der Waals surface area contributed by atoms with Crippen molar-refractivity contribution in [3.63, 3.8) is 0 Å². The molecule has 2 rings (SSSR count). The van der Waals surface area contributed by atoms with Gasteiger partial charge in [-0.1, -0.05) is 12.6 Å². The fourth-order valence-electron chi connectivity index (χ4n) is 1.19. The van der Waals surface area contributed by atoms with Gasteiger partial charge in [0, 0.05) is 0 Å². The maximum atomic E-state index is 11.3. The fraction of sp³-hybridized carbons (Fsp3) is 0. The Morgan fingerprint density at radius 3 is 3.00 bits per heavy atom. The van der Waals surface area contributed by atoms with Crippen LogP contribution in [-0.4, -0.2) is 11.9 Å². The van der Waals surface area contributed by atoms with Crippen molar-refractivity contribution in [3.8, 4) is 0 Å². The number of guanidine groups is 1. The summed E-state index contributed by atoms with van der Waals surface area (Å²) in [5.74, 6) is -0.408. The average molecular weight is 173 g/mol. The van der Waals surface area contributed by atoms with E-state index in [1.807, 2.05) is 0 Å². The first-order valence-corrected chi connectivity index (χ1v) is 3.74. The molecule has 1 amide bonds. The van der Waals surface area contributed by atoms with E-state index >= 15 is 0 Å². The number of amides is 1. The van der Waals surface area contributed by atoms with E-state index in [2.05, 4.69) is 16.9 Å². The molecule has 0 saturated carbocycles. The molecule has 1 aliphatic heterocycles. The minimum absolute atomic E-state index is 0.116. The first-order chi connectivity index (χ1) is 6.16. The zero-order valence-electron chi connectivity index (χ0n) is 6.79. The molecule has 64 valence electrons. The van der Waals surface area contributed by atoms with Gasteiger partial charge in [-0.25, -0.2) is 4.99 Å². The van der Waals surface area contributed by atoms with Gasteiger partial charge < -0.3 is 0 Å². The summed E-state index contributed by atoms with van der Waals surface area (Å²) < 4.78 is 0. The van der Waals surface area contributed by atoms with Gasteiger partial charge in [-0.05, 0) is 17.4 Å². The van der Waals surface area contributed by atoms with Crippen molar-refractivity contribution < 1.29 is 4.79 Å². The van der Waals surface area contributed by atoms with Crippen molar-refractivity contribution in [2.45, 2.75) is 0 Å². The monoisotopic (exact) mass is 173 g/mol. The molecule has 1 heterocycles. The highest BCUT2D eigenvalue weighted by molar-refractivity contribution is 6.07. The summed E-state index contributed by atoms with van der Waals surface area (Å²) in [7, 11) is 0. The van der Waals surface area contributed by atoms with Crippen LogP contribution in [-0.2, 0) is 0 Å². The molecular weight excluding hydrogens is 166 g/mol. The van der Waals surface area contributed by atoms with Crippen LogP contribution in [0, 0.1) is 5.41 Å². The zero-order valence-corrected chi connectivity index (χ0v) is 6.79. The Kier molecular flexibility index (Phi) is 1.48. The van der Waals surface area contributed by atoms with E-state index in [1.54, 1.807) is 18.2 Å². The summed E-state index contributed by atoms with van der Waals surface area (Å²) in [6, 6.07) is 5.10. The number of rotatable bonds is 0. The topological polar surface area (TPSA) is 65.3 Å². The Balaban J connectivity index is 2.82. The van der Waals surface area contributed by atoms with Crippen LogP contribution in [0.2, 0.25) is 0 Å². The summed E-state index contributed by atoms with van der Waals surface area (Å²) in [6.07, 6.45) is 0. The molecule has 0 saturated heterocycles. The number of carbonyl (C=O) groups excluding carboxylic acids is 1. The third-order valence-corrected chi connectivity index (χ3v) is 1.77. The van der Waals surface area contributed by atoms with Gasteiger partial charge in [0.15, 0.2) is 0 Å². The van der Waals surface area contributed by atoms with Gasteiger partial charge in [0.2, 0.25) is 5.96 Å². The Labute approximate surface area is 74.1 Å². The van der Waals surface area contributed by atoms with Crippen LogP contribution in [0.4, 0.5) is 0 Å². The van der Waals surface area contributed by atoms with Gasteiger partial charge in [0.1, 0.15) is 0 Å². The molecular formula is C9H7N3O. The van der Waals surface area contributed by atoms with E-state index in [4.69, 9.17) is 5.41 Å². The molecule has 1 aliphatic rings. The molecule has 1 aromatic carbocycles. The summed E-state index contributed by atoms with van der Waals surface area (Å²) in [4.78, 5) is 15.2. The zero-order chi connectivity index (χ0) is 9.42. The molecule has 0 aromatic heterocycles. The quantitative estimate of drug-likeness (QED) is 0.540. The van der Waals surface area contributed by atoms with Crippen molar-refractivity contribution in [1.82, 2.24) is 5.32 Å². The first-order valence-electron chi connectivity index (χ1n) is 3.74. The Morgan fingerprint density at radius 1 is 1.46 bits per heavy atom. The first kappa shape index (κ1) is 7.67. The number of hydrogen-bond donors (Lipinski definition) is 2. The van der Waals surface area contributed by atoms with Crippen LogP contribution in [0.15, 0.2) is 23.2 Å². The average Bonchev–Trinajstić information content (AvgIpc) is 2.06. The number of carbonyl (C=O) groups is 1. The summed E-state index contributed by atoms with van der Waals surface area (Å²) in [6.45, 7) is 3.71. The normalized spacial score (nSPS) is 14.5. The minimum atomic E-state index is -0.291. The summed E-state index contributed by atoms with van der Waals surface area (Å²) in [5.41, 5.74) is 0.475. The Hall–Kier alpha value is -1.97. The van der Waals surface area contributed by atoms with Gasteiger partial charge in [-0.3, -0.25) is 15.5 Å². The lowest BCUT2D eigenvalue weighted by atomic mass is 10.1. The number of hydrogen-bond acceptors (Lipinski definition) is 2. The van der Waals surface area contributed by atoms with Crippen molar-refractivity contribution in [3.05, 3.63) is 34.3 Å². The molecule has 0 fully saturated rings. The highest BCUT2D eigenvalue weighted by Gasteiger charge is 2.14. The van der Waals surface area contributed by atoms with Crippen LogP contribution in [0.3, 0.4) is 0 Å². The lowest BCUT2D eigenvalue weighted by Crippen LogP contribution is -2.39. The van der Waals surface area contributed by atoms with Crippen LogP contribution in [0.5, 0.6) is 0 Å². The SMILES string of the molecule is C=c1ccc2c(c1)C(=O)NC(=N)N=2. The van der Waals surface area contributed by atoms with Gasteiger partial charge in [0.25, 0.3) is 5.91 Å². The van der Waals surface area contributed by atoms with E-state index in [-0.39, 0.29) is 11.9 Å². The number of benzene rings is 1. The van der Waals surface area contributed by atoms with Crippen molar-refractivity contribution in [2.75, 3.05) is 0 Å². The van der Waals surface area contributed by atoms with Crippen LogP contribution >= 0.6 is 0 Å². The maximum absolute atomic E-state index is 11.3. The van der Waals surface area contributed by atoms with Gasteiger partial charge in [-0.2, -0.15) is 0 Å². The summed E-state index contributed by atoms with van der Waals surface area (Å²) in [5, 5.41) is 10.8. The second-order valence-corrected chi connectivity index (χ2v) is 2.77. The van der Waals surface area contributed by atoms with Gasteiger partial charge in [0.05, 0.1) is 10.9 Å². The fourth-order valence-corrected chi connectivity index (χ4v) is 1.19. The Morgan fingerprint density at radius 2 is 2.23 bits per heavy atom. The summed E-state index contributed by atoms with van der Waals surface area (Å²) >= 11 is 0. The standard InChI is InChI=1S/C9H7N3O/c1-5-2-3-7-6(4-5)8(13)12-9(10)11-7/h2-4H,1H2,(H2,10,12,13). The van der Waals surface area contributed by atoms with Crippen molar-refractivity contribution >= 4 is 18.4 Å². The molecule has 2 N–H and O–H groups in total. The predicted octanol–water partition coefficient (Wildman–Crippen LogP) is -0.605. The van der Waals surface area contributed by atoms with Crippen molar-refractivity contribution in [2.24, 2.45) is 4.99 Å². The molecule has 0 atom stereocenters. The van der Waals surface area contributed by atoms with Crippen LogP contribution < -0.4 is 15.9 Å². The number of nitrogens with one attached hydrogen (secondary N) is 2. The lowest BCUT2D eigenvalue weighted by molar-refractivity contribution is 0.0972. The van der Waals surface area contributed by atoms with E-state index in [1.165, 1.54) is 0 Å². The third-order valence-electron chi connectivity index (χ3n) is 1.77. The second-order valence-electron chi connectivity index (χ2n) is 2.77. The number of fused-ring (bicyclic) bond motifs is 1. The van der Waals surface area contributed by atoms with Crippen LogP contribution in [0.25, 0.3) is 6.58 Å². The largest absolute Gasteiger partial charge is 0.291 e. The van der Waals surface area contributed by atoms with E-state index in [0.29, 0.717) is 10.9 Å². The van der Waals surface area contributed by atoms with E-state index < -0.39 is 0 Å². The van der Waals surface area contributed by atoms with Crippen LogP contribution in [0.1, 0.15) is 10.4 Å². The molecule has 0 unspecified atom stereocenters. The molecule has 4 nitrogen and oxygen atoms in total. The van der Waals surface area contributed by atoms with E-state index in [0.717, 1.165) is 5.22 Å². The molecule has 0 bridgehead atoms. The second kappa shape index (κ2) is 2.52. The Bertz CT molecular complexity index is 504. The predicted molar refractivity (Wildman–Crippen MR) is 47.9 cm³/mol.